The van der Waals surface area contributed by atoms with Gasteiger partial charge in [0.1, 0.15) is 0 Å². The Hall–Kier alpha value is -1.55. The highest BCUT2D eigenvalue weighted by Gasteiger charge is 2.20. The van der Waals surface area contributed by atoms with Gasteiger partial charge in [0, 0.05) is 17.6 Å². The summed E-state index contributed by atoms with van der Waals surface area (Å²) in [6.07, 6.45) is 0.188. The van der Waals surface area contributed by atoms with E-state index >= 15 is 0 Å². The van der Waals surface area contributed by atoms with Crippen molar-refractivity contribution in [3.05, 3.63) is 34.9 Å². The first kappa shape index (κ1) is 15.5. The van der Waals surface area contributed by atoms with E-state index < -0.39 is 5.97 Å². The van der Waals surface area contributed by atoms with E-state index in [1.807, 2.05) is 13.0 Å². The maximum Gasteiger partial charge on any atom is 0.305 e. The highest BCUT2D eigenvalue weighted by molar-refractivity contribution is 6.30. The average molecular weight is 284 g/mol. The van der Waals surface area contributed by atoms with Crippen LogP contribution in [0.15, 0.2) is 24.3 Å². The molecule has 1 aromatic carbocycles. The minimum Gasteiger partial charge on any atom is -0.481 e. The van der Waals surface area contributed by atoms with Crippen LogP contribution < -0.4 is 0 Å². The Morgan fingerprint density at radius 3 is 2.63 bits per heavy atom. The molecule has 104 valence electrons. The molecule has 0 saturated carbocycles. The Morgan fingerprint density at radius 2 is 2.11 bits per heavy atom. The normalized spacial score (nSPS) is 11.9. The molecule has 0 aliphatic rings. The van der Waals surface area contributed by atoms with Crippen molar-refractivity contribution in [1.82, 2.24) is 4.90 Å². The number of carbonyl (C=O) groups excluding carboxylic acids is 1. The molecule has 5 heteroatoms. The van der Waals surface area contributed by atoms with Gasteiger partial charge in [-0.25, -0.2) is 0 Å². The van der Waals surface area contributed by atoms with E-state index in [0.717, 1.165) is 5.56 Å². The number of hydrogen-bond donors (Lipinski definition) is 1. The predicted molar refractivity (Wildman–Crippen MR) is 74.3 cm³/mol. The monoisotopic (exact) mass is 283 g/mol. The van der Waals surface area contributed by atoms with Gasteiger partial charge in [-0.3, -0.25) is 9.59 Å². The molecule has 1 amide bonds. The van der Waals surface area contributed by atoms with Crippen LogP contribution >= 0.6 is 11.6 Å². The maximum atomic E-state index is 12.2. The lowest BCUT2D eigenvalue weighted by Crippen LogP contribution is -2.40. The highest BCUT2D eigenvalue weighted by atomic mass is 35.5. The molecule has 4 nitrogen and oxygen atoms in total. The predicted octanol–water partition coefficient (Wildman–Crippen LogP) is 2.59. The van der Waals surface area contributed by atoms with Gasteiger partial charge in [-0.05, 0) is 31.5 Å². The molecular formula is C14H18ClNO3. The maximum absolute atomic E-state index is 12.2. The Bertz CT molecular complexity index is 462. The third kappa shape index (κ3) is 4.91. The van der Waals surface area contributed by atoms with Crippen LogP contribution in [0.5, 0.6) is 0 Å². The second-order valence-corrected chi connectivity index (χ2v) is 4.87. The molecule has 0 aliphatic heterocycles. The van der Waals surface area contributed by atoms with E-state index in [1.54, 1.807) is 30.0 Å². The van der Waals surface area contributed by atoms with Crippen molar-refractivity contribution in [3.8, 4) is 0 Å². The van der Waals surface area contributed by atoms with E-state index in [0.29, 0.717) is 11.6 Å². The summed E-state index contributed by atoms with van der Waals surface area (Å²) in [6.45, 7) is 4.08. The first-order chi connectivity index (χ1) is 8.93. The Balaban J connectivity index is 2.71. The first-order valence-electron chi connectivity index (χ1n) is 6.19. The second-order valence-electron chi connectivity index (χ2n) is 4.43. The van der Waals surface area contributed by atoms with Crippen molar-refractivity contribution in [3.63, 3.8) is 0 Å². The molecule has 0 aromatic heterocycles. The van der Waals surface area contributed by atoms with Crippen molar-refractivity contribution < 1.29 is 14.7 Å². The van der Waals surface area contributed by atoms with Gasteiger partial charge in [-0.2, -0.15) is 0 Å². The van der Waals surface area contributed by atoms with Gasteiger partial charge in [0.2, 0.25) is 5.91 Å². The van der Waals surface area contributed by atoms with E-state index in [4.69, 9.17) is 16.7 Å². The van der Waals surface area contributed by atoms with Crippen molar-refractivity contribution in [2.24, 2.45) is 0 Å². The minimum atomic E-state index is -0.901. The molecule has 0 radical (unpaired) electrons. The fourth-order valence-corrected chi connectivity index (χ4v) is 2.23. The molecule has 1 atom stereocenters. The molecular weight excluding hydrogens is 266 g/mol. The third-order valence-electron chi connectivity index (χ3n) is 2.91. The number of likely N-dealkylation sites (N-methyl/N-ethyl adjacent to an activating group) is 1. The average Bonchev–Trinajstić information content (AvgIpc) is 2.28. The van der Waals surface area contributed by atoms with Gasteiger partial charge < -0.3 is 10.0 Å². The fraction of sp³-hybridized carbons (Fsp3) is 0.429. The lowest BCUT2D eigenvalue weighted by atomic mass is 10.1. The Labute approximate surface area is 118 Å². The van der Waals surface area contributed by atoms with Crippen LogP contribution in [-0.4, -0.2) is 34.5 Å². The number of carbonyl (C=O) groups is 2. The number of aliphatic carboxylic acids is 1. The molecule has 0 fully saturated rings. The van der Waals surface area contributed by atoms with Gasteiger partial charge in [-0.1, -0.05) is 23.7 Å². The lowest BCUT2D eigenvalue weighted by molar-refractivity contribution is -0.140. The minimum absolute atomic E-state index is 0.0465. The van der Waals surface area contributed by atoms with E-state index in [1.165, 1.54) is 0 Å². The van der Waals surface area contributed by atoms with Crippen LogP contribution in [0.4, 0.5) is 0 Å². The summed E-state index contributed by atoms with van der Waals surface area (Å²) in [6, 6.07) is 6.81. The van der Waals surface area contributed by atoms with Crippen LogP contribution in [0.25, 0.3) is 0 Å². The number of carboxylic acid groups (broad SMARTS) is 1. The fourth-order valence-electron chi connectivity index (χ4n) is 2.02. The smallest absolute Gasteiger partial charge is 0.305 e. The van der Waals surface area contributed by atoms with Gasteiger partial charge >= 0.3 is 5.97 Å². The van der Waals surface area contributed by atoms with Crippen LogP contribution in [0, 0.1) is 0 Å². The number of hydrogen-bond acceptors (Lipinski definition) is 2. The van der Waals surface area contributed by atoms with E-state index in [2.05, 4.69) is 0 Å². The molecule has 1 rings (SSSR count). The summed E-state index contributed by atoms with van der Waals surface area (Å²) in [7, 11) is 0. The van der Waals surface area contributed by atoms with Gasteiger partial charge in [0.15, 0.2) is 0 Å². The molecule has 0 aliphatic carbocycles. The van der Waals surface area contributed by atoms with Crippen molar-refractivity contribution in [1.29, 1.82) is 0 Å². The molecule has 1 unspecified atom stereocenters. The lowest BCUT2D eigenvalue weighted by Gasteiger charge is -2.27. The molecule has 19 heavy (non-hydrogen) atoms. The molecule has 0 bridgehead atoms. The molecule has 0 heterocycles. The third-order valence-corrected chi connectivity index (χ3v) is 3.14. The number of nitrogens with zero attached hydrogens (tertiary/aromatic N) is 1. The SMILES string of the molecule is CCN(C(=O)Cc1cccc(Cl)c1)C(C)CC(=O)O. The zero-order valence-corrected chi connectivity index (χ0v) is 11.9. The van der Waals surface area contributed by atoms with Crippen LogP contribution in [-0.2, 0) is 16.0 Å². The van der Waals surface area contributed by atoms with Gasteiger partial charge in [0.05, 0.1) is 12.8 Å². The highest BCUT2D eigenvalue weighted by Crippen LogP contribution is 2.13. The van der Waals surface area contributed by atoms with Crippen molar-refractivity contribution in [2.75, 3.05) is 6.54 Å². The van der Waals surface area contributed by atoms with Crippen molar-refractivity contribution in [2.45, 2.75) is 32.7 Å². The quantitative estimate of drug-likeness (QED) is 0.873. The largest absolute Gasteiger partial charge is 0.481 e. The summed E-state index contributed by atoms with van der Waals surface area (Å²) < 4.78 is 0. The van der Waals surface area contributed by atoms with E-state index in [-0.39, 0.29) is 24.8 Å². The number of amides is 1. The standard InChI is InChI=1S/C14H18ClNO3/c1-3-16(10(2)7-14(18)19)13(17)9-11-5-4-6-12(15)8-11/h4-6,8,10H,3,7,9H2,1-2H3,(H,18,19). The number of halogens is 1. The summed E-state index contributed by atoms with van der Waals surface area (Å²) >= 11 is 5.87. The summed E-state index contributed by atoms with van der Waals surface area (Å²) in [5.74, 6) is -0.986. The van der Waals surface area contributed by atoms with Crippen LogP contribution in [0.2, 0.25) is 5.02 Å². The summed E-state index contributed by atoms with van der Waals surface area (Å²) in [4.78, 5) is 24.4. The first-order valence-corrected chi connectivity index (χ1v) is 6.57. The van der Waals surface area contributed by atoms with Crippen LogP contribution in [0.1, 0.15) is 25.8 Å². The molecule has 0 spiro atoms. The topological polar surface area (TPSA) is 57.6 Å². The second kappa shape index (κ2) is 7.14. The molecule has 0 saturated heterocycles. The van der Waals surface area contributed by atoms with E-state index in [9.17, 15) is 9.59 Å². The summed E-state index contributed by atoms with van der Waals surface area (Å²) in [5, 5.41) is 9.37. The van der Waals surface area contributed by atoms with Gasteiger partial charge in [0.25, 0.3) is 0 Å². The Morgan fingerprint density at radius 1 is 1.42 bits per heavy atom. The Kier molecular flexibility index (Phi) is 5.83. The van der Waals surface area contributed by atoms with Gasteiger partial charge in [-0.15, -0.1) is 0 Å². The number of benzene rings is 1. The zero-order valence-electron chi connectivity index (χ0n) is 11.1. The number of carboxylic acids is 1. The number of rotatable bonds is 6. The summed E-state index contributed by atoms with van der Waals surface area (Å²) in [5.41, 5.74) is 0.832. The zero-order chi connectivity index (χ0) is 14.4. The van der Waals surface area contributed by atoms with Crippen LogP contribution in [0.3, 0.4) is 0 Å². The van der Waals surface area contributed by atoms with Crippen molar-refractivity contribution >= 4 is 23.5 Å². The molecule has 1 N–H and O–H groups in total. The molecule has 1 aromatic rings.